The smallest absolute Gasteiger partial charge is 0.326 e. The van der Waals surface area contributed by atoms with Crippen LogP contribution in [-0.4, -0.2) is 23.4 Å². The van der Waals surface area contributed by atoms with Crippen molar-refractivity contribution in [3.63, 3.8) is 0 Å². The van der Waals surface area contributed by atoms with Gasteiger partial charge in [-0.3, -0.25) is 14.4 Å². The number of aryl methyl sites for hydroxylation is 1. The monoisotopic (exact) mass is 420 g/mol. The zero-order valence-electron chi connectivity index (χ0n) is 15.2. The molecule has 0 heterocycles. The van der Waals surface area contributed by atoms with Gasteiger partial charge in [-0.2, -0.15) is 5.10 Å². The maximum atomic E-state index is 12.0. The Hall–Kier alpha value is -2.90. The lowest BCUT2D eigenvalue weighted by Crippen LogP contribution is -2.33. The average Bonchev–Trinajstić information content (AvgIpc) is 2.64. The third kappa shape index (κ3) is 6.68. The van der Waals surface area contributed by atoms with Crippen molar-refractivity contribution >= 4 is 58.0 Å². The number of anilines is 2. The van der Waals surface area contributed by atoms with Gasteiger partial charge in [-0.1, -0.05) is 40.9 Å². The zero-order valence-corrected chi connectivity index (χ0v) is 16.7. The lowest BCUT2D eigenvalue weighted by molar-refractivity contribution is -0.136. The van der Waals surface area contributed by atoms with Gasteiger partial charge in [0.1, 0.15) is 0 Å². The number of amides is 3. The second-order valence-corrected chi connectivity index (χ2v) is 6.78. The van der Waals surface area contributed by atoms with E-state index in [1.54, 1.807) is 31.2 Å². The number of nitrogens with zero attached hydrogens (tertiary/aromatic N) is 1. The molecule has 0 aromatic heterocycles. The highest BCUT2D eigenvalue weighted by Crippen LogP contribution is 2.25. The van der Waals surface area contributed by atoms with Crippen molar-refractivity contribution in [3.8, 4) is 0 Å². The van der Waals surface area contributed by atoms with Gasteiger partial charge in [0, 0.05) is 17.1 Å². The number of rotatable bonds is 5. The van der Waals surface area contributed by atoms with Crippen LogP contribution < -0.4 is 16.1 Å². The van der Waals surface area contributed by atoms with Gasteiger partial charge in [-0.15, -0.1) is 0 Å². The van der Waals surface area contributed by atoms with Crippen molar-refractivity contribution in [1.29, 1.82) is 0 Å². The first-order valence-corrected chi connectivity index (χ1v) is 8.96. The summed E-state index contributed by atoms with van der Waals surface area (Å²) in [6, 6.07) is 11.7. The van der Waals surface area contributed by atoms with Crippen LogP contribution in [-0.2, 0) is 14.4 Å². The highest BCUT2D eigenvalue weighted by Gasteiger charge is 2.13. The van der Waals surface area contributed by atoms with E-state index in [0.29, 0.717) is 27.1 Å². The molecule has 7 nitrogen and oxygen atoms in total. The van der Waals surface area contributed by atoms with E-state index in [4.69, 9.17) is 23.2 Å². The normalized spacial score (nSPS) is 10.9. The molecule has 3 amide bonds. The average molecular weight is 421 g/mol. The molecule has 0 fully saturated rings. The quantitative estimate of drug-likeness (QED) is 0.389. The zero-order chi connectivity index (χ0) is 20.7. The third-order valence-corrected chi connectivity index (χ3v) is 4.22. The minimum Gasteiger partial charge on any atom is -0.326 e. The van der Waals surface area contributed by atoms with Crippen LogP contribution in [0.4, 0.5) is 11.4 Å². The predicted octanol–water partition coefficient (Wildman–Crippen LogP) is 3.76. The highest BCUT2D eigenvalue weighted by molar-refractivity contribution is 6.42. The number of carbonyl (C=O) groups excluding carboxylic acids is 3. The van der Waals surface area contributed by atoms with Crippen molar-refractivity contribution in [3.05, 3.63) is 58.1 Å². The molecule has 0 aliphatic carbocycles. The van der Waals surface area contributed by atoms with Crippen molar-refractivity contribution < 1.29 is 14.4 Å². The molecule has 0 spiro atoms. The van der Waals surface area contributed by atoms with E-state index >= 15 is 0 Å². The molecule has 2 aromatic carbocycles. The van der Waals surface area contributed by atoms with E-state index in [0.717, 1.165) is 5.56 Å². The number of benzene rings is 2. The molecular weight excluding hydrogens is 403 g/mol. The summed E-state index contributed by atoms with van der Waals surface area (Å²) in [6.07, 6.45) is -0.0832. The molecule has 2 rings (SSSR count). The summed E-state index contributed by atoms with van der Waals surface area (Å²) in [5.74, 6) is -2.16. The maximum Gasteiger partial charge on any atom is 0.329 e. The van der Waals surface area contributed by atoms with E-state index in [1.165, 1.54) is 6.07 Å². The van der Waals surface area contributed by atoms with Crippen LogP contribution in [0.3, 0.4) is 0 Å². The summed E-state index contributed by atoms with van der Waals surface area (Å²) < 4.78 is 0. The van der Waals surface area contributed by atoms with E-state index in [-0.39, 0.29) is 12.3 Å². The van der Waals surface area contributed by atoms with Crippen LogP contribution in [0, 0.1) is 6.92 Å². The van der Waals surface area contributed by atoms with E-state index < -0.39 is 11.8 Å². The Labute approximate surface area is 172 Å². The van der Waals surface area contributed by atoms with Crippen LogP contribution in [0.5, 0.6) is 0 Å². The molecule has 28 heavy (non-hydrogen) atoms. The predicted molar refractivity (Wildman–Crippen MR) is 111 cm³/mol. The number of nitrogens with one attached hydrogen (secondary N) is 3. The van der Waals surface area contributed by atoms with Crippen LogP contribution >= 0.6 is 23.2 Å². The van der Waals surface area contributed by atoms with Crippen molar-refractivity contribution in [2.45, 2.75) is 20.3 Å². The summed E-state index contributed by atoms with van der Waals surface area (Å²) in [6.45, 7) is 3.46. The van der Waals surface area contributed by atoms with Crippen LogP contribution in [0.15, 0.2) is 47.6 Å². The number of hydrogen-bond donors (Lipinski definition) is 3. The van der Waals surface area contributed by atoms with Gasteiger partial charge in [0.2, 0.25) is 5.91 Å². The first-order chi connectivity index (χ1) is 13.2. The molecule has 0 bridgehead atoms. The number of carbonyl (C=O) groups is 3. The highest BCUT2D eigenvalue weighted by atomic mass is 35.5. The summed E-state index contributed by atoms with van der Waals surface area (Å²) >= 11 is 11.7. The molecule has 9 heteroatoms. The molecule has 0 atom stereocenters. The Morgan fingerprint density at radius 3 is 2.18 bits per heavy atom. The Kier molecular flexibility index (Phi) is 7.54. The van der Waals surface area contributed by atoms with Crippen LogP contribution in [0.1, 0.15) is 18.9 Å². The molecular formula is C19H18Cl2N4O3. The minimum absolute atomic E-state index is 0.0832. The minimum atomic E-state index is -0.940. The van der Waals surface area contributed by atoms with Gasteiger partial charge < -0.3 is 10.6 Å². The first-order valence-electron chi connectivity index (χ1n) is 8.20. The van der Waals surface area contributed by atoms with Crippen LogP contribution in [0.2, 0.25) is 10.0 Å². The molecule has 0 aliphatic heterocycles. The Balaban J connectivity index is 1.84. The van der Waals surface area contributed by atoms with Crippen LogP contribution in [0.25, 0.3) is 0 Å². The maximum absolute atomic E-state index is 12.0. The first kappa shape index (κ1) is 21.4. The SMILES string of the molecule is CC(CC(=O)Nc1ccc(Cl)c(Cl)c1)=NNC(=O)C(=O)Nc1ccc(C)cc1. The molecule has 3 N–H and O–H groups in total. The summed E-state index contributed by atoms with van der Waals surface area (Å²) in [7, 11) is 0. The molecule has 0 aliphatic rings. The second kappa shape index (κ2) is 9.87. The number of hydrogen-bond acceptors (Lipinski definition) is 4. The topological polar surface area (TPSA) is 99.7 Å². The fourth-order valence-corrected chi connectivity index (χ4v) is 2.37. The van der Waals surface area contributed by atoms with E-state index in [1.807, 2.05) is 19.1 Å². The standard InChI is InChI=1S/C19H18Cl2N4O3/c1-11-3-5-13(6-4-11)23-18(27)19(28)25-24-12(2)9-17(26)22-14-7-8-15(20)16(21)10-14/h3-8,10H,9H2,1-2H3,(H,22,26)(H,23,27)(H,25,28). The van der Waals surface area contributed by atoms with Gasteiger partial charge in [0.05, 0.1) is 16.5 Å². The molecule has 0 saturated heterocycles. The van der Waals surface area contributed by atoms with E-state index in [9.17, 15) is 14.4 Å². The van der Waals surface area contributed by atoms with Crippen molar-refractivity contribution in [2.24, 2.45) is 5.10 Å². The second-order valence-electron chi connectivity index (χ2n) is 5.96. The Bertz CT molecular complexity index is 927. The largest absolute Gasteiger partial charge is 0.329 e. The van der Waals surface area contributed by atoms with Gasteiger partial charge in [0.25, 0.3) is 0 Å². The molecule has 146 valence electrons. The summed E-state index contributed by atoms with van der Waals surface area (Å²) in [5.41, 5.74) is 4.43. The lowest BCUT2D eigenvalue weighted by atomic mass is 10.2. The van der Waals surface area contributed by atoms with Gasteiger partial charge in [0.15, 0.2) is 0 Å². The Morgan fingerprint density at radius 1 is 0.893 bits per heavy atom. The number of hydrazone groups is 1. The lowest BCUT2D eigenvalue weighted by Gasteiger charge is -2.07. The molecule has 2 aromatic rings. The van der Waals surface area contributed by atoms with Crippen molar-refractivity contribution in [2.75, 3.05) is 10.6 Å². The van der Waals surface area contributed by atoms with Gasteiger partial charge >= 0.3 is 11.8 Å². The van der Waals surface area contributed by atoms with Crippen molar-refractivity contribution in [1.82, 2.24) is 5.43 Å². The Morgan fingerprint density at radius 2 is 1.54 bits per heavy atom. The fourth-order valence-electron chi connectivity index (χ4n) is 2.07. The van der Waals surface area contributed by atoms with Gasteiger partial charge in [-0.25, -0.2) is 5.43 Å². The van der Waals surface area contributed by atoms with E-state index in [2.05, 4.69) is 21.2 Å². The molecule has 0 unspecified atom stereocenters. The van der Waals surface area contributed by atoms with Gasteiger partial charge in [-0.05, 0) is 44.2 Å². The third-order valence-electron chi connectivity index (χ3n) is 3.48. The number of halogens is 2. The fraction of sp³-hybridized carbons (Fsp3) is 0.158. The summed E-state index contributed by atoms with van der Waals surface area (Å²) in [4.78, 5) is 35.7. The summed E-state index contributed by atoms with van der Waals surface area (Å²) in [5, 5.41) is 9.54. The molecule has 0 saturated carbocycles. The molecule has 0 radical (unpaired) electrons.